The number of fused-ring (bicyclic) bond motifs is 2. The molecule has 0 saturated carbocycles. The highest BCUT2D eigenvalue weighted by atomic mass is 35.5. The van der Waals surface area contributed by atoms with E-state index in [1.165, 1.54) is 0 Å². The predicted molar refractivity (Wildman–Crippen MR) is 106 cm³/mol. The lowest BCUT2D eigenvalue weighted by Gasteiger charge is -2.25. The first-order valence-electron chi connectivity index (χ1n) is 8.82. The summed E-state index contributed by atoms with van der Waals surface area (Å²) in [5.41, 5.74) is 4.13. The van der Waals surface area contributed by atoms with Crippen molar-refractivity contribution in [1.82, 2.24) is 19.5 Å². The quantitative estimate of drug-likeness (QED) is 0.669. The van der Waals surface area contributed by atoms with Crippen molar-refractivity contribution in [3.8, 4) is 0 Å². The first-order valence-corrected chi connectivity index (χ1v) is 10.3. The Morgan fingerprint density at radius 3 is 2.56 bits per heavy atom. The molecule has 2 aromatic heterocycles. The van der Waals surface area contributed by atoms with E-state index >= 15 is 0 Å². The Morgan fingerprint density at radius 2 is 1.89 bits per heavy atom. The minimum atomic E-state index is -3.68. The summed E-state index contributed by atoms with van der Waals surface area (Å²) in [6.07, 6.45) is 1.36. The second-order valence-corrected chi connectivity index (χ2v) is 8.68. The molecule has 0 amide bonds. The summed E-state index contributed by atoms with van der Waals surface area (Å²) in [5.74, 6) is 0. The number of aromatic nitrogens is 3. The lowest BCUT2D eigenvalue weighted by atomic mass is 10.0. The number of hydrogen-bond donors (Lipinski definition) is 0. The Hall–Kier alpha value is -1.96. The van der Waals surface area contributed by atoms with Crippen molar-refractivity contribution in [2.24, 2.45) is 0 Å². The number of rotatable bonds is 3. The van der Waals surface area contributed by atoms with Gasteiger partial charge < -0.3 is 4.90 Å². The standard InChI is InChI=1S/C19H22N4O2S.ClH/c1-4-16-18(26(24,25)14-8-6-5-7-9-14)19-20-17-10-11-22(3)12-15(17)13(2)23(19)21-16;/h5-9H,4,10-12H2,1-3H3;1H. The molecule has 0 fully saturated rings. The van der Waals surface area contributed by atoms with Gasteiger partial charge in [0.2, 0.25) is 9.84 Å². The maximum atomic E-state index is 13.3. The summed E-state index contributed by atoms with van der Waals surface area (Å²) >= 11 is 0. The van der Waals surface area contributed by atoms with E-state index in [0.717, 1.165) is 36.5 Å². The topological polar surface area (TPSA) is 67.6 Å². The van der Waals surface area contributed by atoms with E-state index in [2.05, 4.69) is 17.0 Å². The number of benzene rings is 1. The maximum Gasteiger partial charge on any atom is 0.212 e. The van der Waals surface area contributed by atoms with Crippen LogP contribution in [0.2, 0.25) is 0 Å². The van der Waals surface area contributed by atoms with Crippen LogP contribution in [0.4, 0.5) is 0 Å². The van der Waals surface area contributed by atoms with E-state index in [1.54, 1.807) is 28.8 Å². The van der Waals surface area contributed by atoms with Gasteiger partial charge in [-0.1, -0.05) is 25.1 Å². The molecule has 0 atom stereocenters. The van der Waals surface area contributed by atoms with Gasteiger partial charge in [0.05, 0.1) is 16.3 Å². The third kappa shape index (κ3) is 3.13. The van der Waals surface area contributed by atoms with Crippen LogP contribution in [0.5, 0.6) is 0 Å². The van der Waals surface area contributed by atoms with Gasteiger partial charge >= 0.3 is 0 Å². The SMILES string of the molecule is CCc1nn2c(C)c3c(nc2c1S(=O)(=O)c1ccccc1)CCN(C)C3.Cl. The Kier molecular flexibility index (Phi) is 5.29. The smallest absolute Gasteiger partial charge is 0.212 e. The summed E-state index contributed by atoms with van der Waals surface area (Å²) < 4.78 is 28.4. The molecule has 3 heterocycles. The summed E-state index contributed by atoms with van der Waals surface area (Å²) in [4.78, 5) is 7.54. The van der Waals surface area contributed by atoms with Crippen molar-refractivity contribution in [3.05, 3.63) is 53.0 Å². The molecule has 4 rings (SSSR count). The van der Waals surface area contributed by atoms with Crippen LogP contribution in [0.15, 0.2) is 40.1 Å². The summed E-state index contributed by atoms with van der Waals surface area (Å²) in [5, 5.41) is 4.61. The van der Waals surface area contributed by atoms with Crippen LogP contribution in [-0.2, 0) is 29.2 Å². The molecule has 0 aliphatic carbocycles. The first kappa shape index (κ1) is 19.8. The molecule has 1 aliphatic rings. The van der Waals surface area contributed by atoms with Gasteiger partial charge in [0.1, 0.15) is 4.90 Å². The Bertz CT molecular complexity index is 1090. The number of nitrogens with zero attached hydrogens (tertiary/aromatic N) is 4. The molecule has 6 nitrogen and oxygen atoms in total. The average Bonchev–Trinajstić information content (AvgIpc) is 3.03. The Labute approximate surface area is 165 Å². The second-order valence-electron chi connectivity index (χ2n) is 6.79. The van der Waals surface area contributed by atoms with Gasteiger partial charge in [-0.2, -0.15) is 5.10 Å². The fraction of sp³-hybridized carbons (Fsp3) is 0.368. The molecular formula is C19H23ClN4O2S. The normalized spacial score (nSPS) is 14.8. The zero-order chi connectivity index (χ0) is 18.5. The van der Waals surface area contributed by atoms with Crippen LogP contribution < -0.4 is 0 Å². The number of hydrogen-bond acceptors (Lipinski definition) is 5. The molecule has 0 radical (unpaired) electrons. The van der Waals surface area contributed by atoms with E-state index < -0.39 is 9.84 Å². The molecule has 144 valence electrons. The van der Waals surface area contributed by atoms with Crippen LogP contribution in [0.1, 0.15) is 29.6 Å². The van der Waals surface area contributed by atoms with Crippen LogP contribution >= 0.6 is 12.4 Å². The number of sulfone groups is 1. The largest absolute Gasteiger partial charge is 0.302 e. The highest BCUT2D eigenvalue weighted by Crippen LogP contribution is 2.30. The van der Waals surface area contributed by atoms with Gasteiger partial charge in [-0.05, 0) is 32.5 Å². The monoisotopic (exact) mass is 406 g/mol. The molecular weight excluding hydrogens is 384 g/mol. The van der Waals surface area contributed by atoms with E-state index in [4.69, 9.17) is 4.98 Å². The van der Waals surface area contributed by atoms with Gasteiger partial charge in [0.15, 0.2) is 5.65 Å². The third-order valence-electron chi connectivity index (χ3n) is 5.05. The molecule has 0 bridgehead atoms. The molecule has 8 heteroatoms. The third-order valence-corrected chi connectivity index (χ3v) is 6.89. The van der Waals surface area contributed by atoms with Crippen molar-refractivity contribution in [2.75, 3.05) is 13.6 Å². The van der Waals surface area contributed by atoms with Crippen LogP contribution in [0.3, 0.4) is 0 Å². The number of halogens is 1. The average molecular weight is 407 g/mol. The van der Waals surface area contributed by atoms with Gasteiger partial charge in [-0.25, -0.2) is 17.9 Å². The van der Waals surface area contributed by atoms with E-state index in [9.17, 15) is 8.42 Å². The van der Waals surface area contributed by atoms with Crippen LogP contribution in [0.25, 0.3) is 5.65 Å². The highest BCUT2D eigenvalue weighted by molar-refractivity contribution is 7.91. The summed E-state index contributed by atoms with van der Waals surface area (Å²) in [6.45, 7) is 5.66. The maximum absolute atomic E-state index is 13.3. The molecule has 27 heavy (non-hydrogen) atoms. The van der Waals surface area contributed by atoms with Gasteiger partial charge in [-0.3, -0.25) is 0 Å². The molecule has 3 aromatic rings. The van der Waals surface area contributed by atoms with E-state index in [0.29, 0.717) is 17.8 Å². The molecule has 1 aliphatic heterocycles. The van der Waals surface area contributed by atoms with E-state index in [1.807, 2.05) is 19.9 Å². The van der Waals surface area contributed by atoms with Gasteiger partial charge in [0, 0.05) is 30.8 Å². The van der Waals surface area contributed by atoms with Crippen LogP contribution in [0, 0.1) is 6.92 Å². The van der Waals surface area contributed by atoms with E-state index in [-0.39, 0.29) is 22.2 Å². The molecule has 0 spiro atoms. The zero-order valence-electron chi connectivity index (χ0n) is 15.6. The molecule has 0 saturated heterocycles. The second kappa shape index (κ2) is 7.22. The van der Waals surface area contributed by atoms with Crippen LogP contribution in [-0.4, -0.2) is 41.5 Å². The molecule has 1 aromatic carbocycles. The van der Waals surface area contributed by atoms with Crippen molar-refractivity contribution in [2.45, 2.75) is 43.0 Å². The fourth-order valence-corrected chi connectivity index (χ4v) is 5.20. The Morgan fingerprint density at radius 1 is 1.19 bits per heavy atom. The van der Waals surface area contributed by atoms with Gasteiger partial charge in [0.25, 0.3) is 0 Å². The van der Waals surface area contributed by atoms with Gasteiger partial charge in [-0.15, -0.1) is 12.4 Å². The summed E-state index contributed by atoms with van der Waals surface area (Å²) in [6, 6.07) is 8.53. The molecule has 0 unspecified atom stereocenters. The number of aryl methyl sites for hydroxylation is 2. The highest BCUT2D eigenvalue weighted by Gasteiger charge is 2.30. The zero-order valence-corrected chi connectivity index (χ0v) is 17.3. The molecule has 0 N–H and O–H groups in total. The fourth-order valence-electron chi connectivity index (χ4n) is 3.58. The van der Waals surface area contributed by atoms with Crippen molar-refractivity contribution in [3.63, 3.8) is 0 Å². The predicted octanol–water partition coefficient (Wildman–Crippen LogP) is 2.84. The minimum absolute atomic E-state index is 0. The summed E-state index contributed by atoms with van der Waals surface area (Å²) in [7, 11) is -1.59. The first-order chi connectivity index (χ1) is 12.4. The lowest BCUT2D eigenvalue weighted by molar-refractivity contribution is 0.307. The number of likely N-dealkylation sites (N-methyl/N-ethyl adjacent to an activating group) is 1. The van der Waals surface area contributed by atoms with Crippen molar-refractivity contribution < 1.29 is 8.42 Å². The van der Waals surface area contributed by atoms with Crippen molar-refractivity contribution >= 4 is 27.9 Å². The van der Waals surface area contributed by atoms with Crippen molar-refractivity contribution in [1.29, 1.82) is 0 Å². The Balaban J connectivity index is 0.00000210. The minimum Gasteiger partial charge on any atom is -0.302 e. The lowest BCUT2D eigenvalue weighted by Crippen LogP contribution is -2.29.